The van der Waals surface area contributed by atoms with Crippen LogP contribution < -0.4 is 4.74 Å². The third-order valence-corrected chi connectivity index (χ3v) is 2.98. The molecule has 16 heavy (non-hydrogen) atoms. The smallest absolute Gasteiger partial charge is 0.119 e. The van der Waals surface area contributed by atoms with Crippen LogP contribution in [-0.2, 0) is 6.54 Å². The Hall–Kier alpha value is -1.51. The average Bonchev–Trinajstić information content (AvgIpc) is 2.32. The molecule has 1 fully saturated rings. The summed E-state index contributed by atoms with van der Waals surface area (Å²) in [7, 11) is 1.68. The number of piperidine rings is 1. The molecule has 1 aliphatic heterocycles. The van der Waals surface area contributed by atoms with Crippen molar-refractivity contribution in [3.05, 3.63) is 29.8 Å². The zero-order valence-electron chi connectivity index (χ0n) is 9.70. The minimum atomic E-state index is 0.772. The van der Waals surface area contributed by atoms with E-state index in [2.05, 4.69) is 11.0 Å². The standard InChI is InChI=1S/C13H18N2O/c1-16-12-6-4-5-11(9-12)10-15-8-3-2-7-13(15)14/h4-6,9,14H,2-3,7-8,10H2,1H3. The van der Waals surface area contributed by atoms with Crippen LogP contribution in [0.15, 0.2) is 24.3 Å². The number of nitrogens with one attached hydrogen (secondary N) is 1. The van der Waals surface area contributed by atoms with Gasteiger partial charge in [0.1, 0.15) is 5.75 Å². The Morgan fingerprint density at radius 1 is 1.38 bits per heavy atom. The van der Waals surface area contributed by atoms with Crippen molar-refractivity contribution in [3.8, 4) is 5.75 Å². The highest BCUT2D eigenvalue weighted by molar-refractivity contribution is 5.79. The molecule has 1 saturated heterocycles. The van der Waals surface area contributed by atoms with Gasteiger partial charge in [-0.2, -0.15) is 0 Å². The van der Waals surface area contributed by atoms with Gasteiger partial charge in [0.2, 0.25) is 0 Å². The highest BCUT2D eigenvalue weighted by Crippen LogP contribution is 2.17. The molecule has 3 heteroatoms. The summed E-state index contributed by atoms with van der Waals surface area (Å²) in [5.41, 5.74) is 1.21. The number of nitrogens with zero attached hydrogens (tertiary/aromatic N) is 1. The van der Waals surface area contributed by atoms with E-state index in [4.69, 9.17) is 10.1 Å². The Labute approximate surface area is 96.5 Å². The SMILES string of the molecule is COc1cccc(CN2CCCCC2=N)c1. The van der Waals surface area contributed by atoms with Crippen molar-refractivity contribution in [1.82, 2.24) is 4.90 Å². The molecule has 1 heterocycles. The number of amidine groups is 1. The Morgan fingerprint density at radius 2 is 2.25 bits per heavy atom. The van der Waals surface area contributed by atoms with Crippen LogP contribution in [0, 0.1) is 5.41 Å². The zero-order valence-corrected chi connectivity index (χ0v) is 9.70. The van der Waals surface area contributed by atoms with Gasteiger partial charge in [-0.3, -0.25) is 5.41 Å². The topological polar surface area (TPSA) is 36.3 Å². The molecule has 0 saturated carbocycles. The second kappa shape index (κ2) is 5.01. The lowest BCUT2D eigenvalue weighted by Gasteiger charge is -2.29. The molecule has 0 atom stereocenters. The minimum absolute atomic E-state index is 0.772. The highest BCUT2D eigenvalue weighted by atomic mass is 16.5. The van der Waals surface area contributed by atoms with E-state index in [0.29, 0.717) is 0 Å². The van der Waals surface area contributed by atoms with Crippen LogP contribution >= 0.6 is 0 Å². The van der Waals surface area contributed by atoms with E-state index in [1.54, 1.807) is 7.11 Å². The normalized spacial score (nSPS) is 16.3. The number of hydrogen-bond donors (Lipinski definition) is 1. The van der Waals surface area contributed by atoms with Gasteiger partial charge in [-0.15, -0.1) is 0 Å². The maximum atomic E-state index is 7.89. The number of methoxy groups -OCH3 is 1. The predicted octanol–water partition coefficient (Wildman–Crippen LogP) is 2.66. The van der Waals surface area contributed by atoms with Crippen molar-refractivity contribution in [2.75, 3.05) is 13.7 Å². The van der Waals surface area contributed by atoms with Crippen LogP contribution in [0.25, 0.3) is 0 Å². The highest BCUT2D eigenvalue weighted by Gasteiger charge is 2.14. The van der Waals surface area contributed by atoms with Gasteiger partial charge in [0, 0.05) is 19.5 Å². The van der Waals surface area contributed by atoms with Gasteiger partial charge >= 0.3 is 0 Å². The second-order valence-electron chi connectivity index (χ2n) is 4.18. The summed E-state index contributed by atoms with van der Waals surface area (Å²) < 4.78 is 5.20. The lowest BCUT2D eigenvalue weighted by atomic mass is 10.1. The summed E-state index contributed by atoms with van der Waals surface area (Å²) in [5, 5.41) is 7.89. The van der Waals surface area contributed by atoms with Gasteiger partial charge in [-0.25, -0.2) is 0 Å². The molecule has 0 spiro atoms. The summed E-state index contributed by atoms with van der Waals surface area (Å²) in [6, 6.07) is 8.08. The van der Waals surface area contributed by atoms with Crippen molar-refractivity contribution in [2.24, 2.45) is 0 Å². The van der Waals surface area contributed by atoms with Crippen molar-refractivity contribution >= 4 is 5.84 Å². The molecule has 0 aliphatic carbocycles. The first-order valence-corrected chi connectivity index (χ1v) is 5.75. The molecule has 86 valence electrons. The lowest BCUT2D eigenvalue weighted by Crippen LogP contribution is -2.34. The lowest BCUT2D eigenvalue weighted by molar-refractivity contribution is 0.359. The van der Waals surface area contributed by atoms with Gasteiger partial charge in [0.25, 0.3) is 0 Å². The van der Waals surface area contributed by atoms with E-state index < -0.39 is 0 Å². The van der Waals surface area contributed by atoms with Gasteiger partial charge in [-0.05, 0) is 30.5 Å². The van der Waals surface area contributed by atoms with Gasteiger partial charge < -0.3 is 9.64 Å². The first kappa shape index (κ1) is 11.0. The van der Waals surface area contributed by atoms with E-state index >= 15 is 0 Å². The summed E-state index contributed by atoms with van der Waals surface area (Å²) in [6.45, 7) is 1.84. The monoisotopic (exact) mass is 218 g/mol. The largest absolute Gasteiger partial charge is 0.497 e. The summed E-state index contributed by atoms with van der Waals surface area (Å²) in [6.07, 6.45) is 3.28. The van der Waals surface area contributed by atoms with Crippen LogP contribution in [0.1, 0.15) is 24.8 Å². The Bertz CT molecular complexity index is 376. The predicted molar refractivity (Wildman–Crippen MR) is 65.0 cm³/mol. The fourth-order valence-electron chi connectivity index (χ4n) is 2.05. The van der Waals surface area contributed by atoms with E-state index in [1.807, 2.05) is 18.2 Å². The fraction of sp³-hybridized carbons (Fsp3) is 0.462. The first-order valence-electron chi connectivity index (χ1n) is 5.75. The number of hydrogen-bond acceptors (Lipinski definition) is 2. The molecule has 0 amide bonds. The number of rotatable bonds is 3. The molecule has 0 unspecified atom stereocenters. The average molecular weight is 218 g/mol. The summed E-state index contributed by atoms with van der Waals surface area (Å²) >= 11 is 0. The van der Waals surface area contributed by atoms with Crippen LogP contribution in [-0.4, -0.2) is 24.4 Å². The molecule has 1 N–H and O–H groups in total. The van der Waals surface area contributed by atoms with E-state index in [1.165, 1.54) is 12.0 Å². The maximum Gasteiger partial charge on any atom is 0.119 e. The van der Waals surface area contributed by atoms with Crippen LogP contribution in [0.2, 0.25) is 0 Å². The number of likely N-dealkylation sites (tertiary alicyclic amines) is 1. The zero-order chi connectivity index (χ0) is 11.4. The Balaban J connectivity index is 2.04. The van der Waals surface area contributed by atoms with E-state index in [9.17, 15) is 0 Å². The molecule has 0 aromatic heterocycles. The molecular weight excluding hydrogens is 200 g/mol. The molecule has 1 aliphatic rings. The maximum absolute atomic E-state index is 7.89. The van der Waals surface area contributed by atoms with Crippen molar-refractivity contribution in [3.63, 3.8) is 0 Å². The van der Waals surface area contributed by atoms with Crippen molar-refractivity contribution in [2.45, 2.75) is 25.8 Å². The van der Waals surface area contributed by atoms with E-state index in [-0.39, 0.29) is 0 Å². The Kier molecular flexibility index (Phi) is 3.44. The van der Waals surface area contributed by atoms with Crippen LogP contribution in [0.3, 0.4) is 0 Å². The quantitative estimate of drug-likeness (QED) is 0.846. The summed E-state index contributed by atoms with van der Waals surface area (Å²) in [4.78, 5) is 2.15. The summed E-state index contributed by atoms with van der Waals surface area (Å²) in [5.74, 6) is 1.66. The third kappa shape index (κ3) is 2.54. The molecule has 0 bridgehead atoms. The minimum Gasteiger partial charge on any atom is -0.497 e. The number of benzene rings is 1. The third-order valence-electron chi connectivity index (χ3n) is 2.98. The van der Waals surface area contributed by atoms with Crippen molar-refractivity contribution in [1.29, 1.82) is 5.41 Å². The second-order valence-corrected chi connectivity index (χ2v) is 4.18. The first-order chi connectivity index (χ1) is 7.79. The number of ether oxygens (including phenoxy) is 1. The van der Waals surface area contributed by atoms with Gasteiger partial charge in [0.15, 0.2) is 0 Å². The van der Waals surface area contributed by atoms with Crippen molar-refractivity contribution < 1.29 is 4.74 Å². The molecule has 1 aromatic carbocycles. The molecule has 2 rings (SSSR count). The molecule has 0 radical (unpaired) electrons. The van der Waals surface area contributed by atoms with E-state index in [0.717, 1.165) is 37.5 Å². The van der Waals surface area contributed by atoms with Gasteiger partial charge in [-0.1, -0.05) is 12.1 Å². The Morgan fingerprint density at radius 3 is 3.00 bits per heavy atom. The van der Waals surface area contributed by atoms with Crippen LogP contribution in [0.5, 0.6) is 5.75 Å². The fourth-order valence-corrected chi connectivity index (χ4v) is 2.05. The molecule has 3 nitrogen and oxygen atoms in total. The van der Waals surface area contributed by atoms with Gasteiger partial charge in [0.05, 0.1) is 12.9 Å². The molecule has 1 aromatic rings. The molecular formula is C13H18N2O. The van der Waals surface area contributed by atoms with Crippen LogP contribution in [0.4, 0.5) is 0 Å².